The van der Waals surface area contributed by atoms with Gasteiger partial charge < -0.3 is 52.3 Å². The molecule has 14 nitrogen and oxygen atoms in total. The number of unbranched alkanes of at least 4 members (excludes halogenated alkanes) is 78. The van der Waals surface area contributed by atoms with E-state index in [0.29, 0.717) is 44.9 Å². The van der Waals surface area contributed by atoms with Crippen molar-refractivity contribution in [3.63, 3.8) is 0 Å². The Morgan fingerprint density at radius 2 is 0.519 bits per heavy atom. The highest BCUT2D eigenvalue weighted by molar-refractivity contribution is 5.77. The van der Waals surface area contributed by atoms with Gasteiger partial charge in [-0.1, -0.05) is 549 Å². The van der Waals surface area contributed by atoms with E-state index in [-0.39, 0.29) is 30.4 Å². The summed E-state index contributed by atoms with van der Waals surface area (Å²) >= 11 is 0. The van der Waals surface area contributed by atoms with Crippen molar-refractivity contribution < 1.29 is 24.6 Å². The van der Waals surface area contributed by atoms with Crippen molar-refractivity contribution in [2.45, 2.75) is 645 Å². The number of aliphatic hydroxyl groups excluding tert-OH is 2. The molecule has 9 N–H and O–H groups in total. The lowest BCUT2D eigenvalue weighted by molar-refractivity contribution is -0.132. The maximum Gasteiger partial charge on any atom is 0.223 e. The van der Waals surface area contributed by atoms with Crippen LogP contribution >= 0.6 is 0 Å². The van der Waals surface area contributed by atoms with Crippen LogP contribution in [-0.4, -0.2) is 166 Å². The third kappa shape index (κ3) is 109. The second kappa shape index (κ2) is 117. The molecule has 3 amide bonds. The number of hydrogen-bond donors (Lipinski definition) is 8. The summed E-state index contributed by atoms with van der Waals surface area (Å²) in [7, 11) is 0. The Morgan fingerprint density at radius 1 is 0.271 bits per heavy atom. The molecule has 0 aliphatic carbocycles. The molecular formula is C119H245N9O5. The molecule has 1 rings (SSSR count). The molecule has 2 unspecified atom stereocenters. The minimum Gasteiger partial charge on any atom is -0.390 e. The predicted molar refractivity (Wildman–Crippen MR) is 589 cm³/mol. The van der Waals surface area contributed by atoms with Crippen molar-refractivity contribution in [2.24, 2.45) is 5.73 Å². The number of aliphatic hydroxyl groups is 2. The van der Waals surface area contributed by atoms with Crippen LogP contribution in [0.1, 0.15) is 626 Å². The maximum absolute atomic E-state index is 12.8. The van der Waals surface area contributed by atoms with E-state index in [1.54, 1.807) is 0 Å². The van der Waals surface area contributed by atoms with Crippen LogP contribution in [0.3, 0.4) is 0 Å². The molecular weight excluding hydrogens is 1640 g/mol. The fraction of sp³-hybridized carbons (Fsp3) is 0.975. The number of amides is 3. The summed E-state index contributed by atoms with van der Waals surface area (Å²) in [4.78, 5) is 44.7. The van der Waals surface area contributed by atoms with Crippen molar-refractivity contribution >= 4 is 17.7 Å². The summed E-state index contributed by atoms with van der Waals surface area (Å²) in [6, 6.07) is 0.665. The first-order valence-electron chi connectivity index (χ1n) is 61.0. The van der Waals surface area contributed by atoms with E-state index in [9.17, 15) is 24.6 Å². The van der Waals surface area contributed by atoms with Crippen LogP contribution in [0.2, 0.25) is 0 Å². The Bertz CT molecular complexity index is 2180. The molecule has 0 spiro atoms. The third-order valence-corrected chi connectivity index (χ3v) is 28.8. The van der Waals surface area contributed by atoms with E-state index >= 15 is 0 Å². The lowest BCUT2D eigenvalue weighted by Gasteiger charge is -2.34. The van der Waals surface area contributed by atoms with Gasteiger partial charge in [-0.3, -0.25) is 19.3 Å². The topological polar surface area (TPSA) is 188 Å². The van der Waals surface area contributed by atoms with Crippen LogP contribution in [0.4, 0.5) is 0 Å². The number of piperidine rings is 1. The quantitative estimate of drug-likeness (QED) is 0.0271. The maximum atomic E-state index is 12.8. The zero-order chi connectivity index (χ0) is 96.7. The molecule has 133 heavy (non-hydrogen) atoms. The lowest BCUT2D eigenvalue weighted by Crippen LogP contribution is -2.45. The molecule has 0 aromatic carbocycles. The first-order chi connectivity index (χ1) is 65.6. The number of carbonyl (C=O) groups excluding carboxylic acids is 3. The predicted octanol–water partition coefficient (Wildman–Crippen LogP) is 32.7. The average molecular weight is 1880 g/mol. The summed E-state index contributed by atoms with van der Waals surface area (Å²) in [5.41, 5.74) is 5.62. The van der Waals surface area contributed by atoms with E-state index in [4.69, 9.17) is 5.73 Å². The second-order valence-electron chi connectivity index (χ2n) is 42.2. The van der Waals surface area contributed by atoms with Crippen LogP contribution < -0.4 is 32.3 Å². The van der Waals surface area contributed by atoms with Crippen molar-refractivity contribution in [1.82, 2.24) is 41.3 Å². The molecule has 0 saturated carbocycles. The van der Waals surface area contributed by atoms with Gasteiger partial charge in [-0.05, 0) is 97.1 Å². The van der Waals surface area contributed by atoms with Crippen LogP contribution in [-0.2, 0) is 14.4 Å². The van der Waals surface area contributed by atoms with Crippen LogP contribution in [0.25, 0.3) is 0 Å². The molecule has 14 heteroatoms. The molecule has 1 fully saturated rings. The highest BCUT2D eigenvalue weighted by Crippen LogP contribution is 2.22. The van der Waals surface area contributed by atoms with Crippen molar-refractivity contribution in [3.8, 4) is 0 Å². The monoisotopic (exact) mass is 1880 g/mol. The minimum absolute atomic E-state index is 0.135. The SMILES string of the molecule is CCCCCCCCCCCCCCCCCCCN(CCCCCCCCCCCCCC)CC(O)CNCCC(=O)NCCCCCCCCCCCC.CCCCCCCCCCCCCCN(CCC(=O)NCCCCCCCCCCCC)C1CCNCC1.CCCCCCCCCCCCCCNCCC(=O)N(CCCCCCCCCCCCCC)CC(O)CN. The van der Waals surface area contributed by atoms with Gasteiger partial charge in [0.1, 0.15) is 0 Å². The lowest BCUT2D eigenvalue weighted by atomic mass is 10.0. The number of nitrogens with one attached hydrogen (secondary N) is 5. The zero-order valence-corrected chi connectivity index (χ0v) is 91.7. The van der Waals surface area contributed by atoms with Crippen molar-refractivity contribution in [1.29, 1.82) is 0 Å². The average Bonchev–Trinajstić information content (AvgIpc) is 0.898. The zero-order valence-electron chi connectivity index (χ0n) is 91.7. The summed E-state index contributed by atoms with van der Waals surface area (Å²) in [6.07, 6.45) is 119. The molecule has 1 aliphatic heterocycles. The summed E-state index contributed by atoms with van der Waals surface area (Å²) in [5, 5.41) is 37.6. The van der Waals surface area contributed by atoms with Crippen molar-refractivity contribution in [2.75, 3.05) is 105 Å². The first kappa shape index (κ1) is 133. The standard InChI is InChI=1S/C51H105N3O2.C34H71N3O2.C34H69N3O/c1-4-7-10-13-16-19-22-24-25-26-27-28-30-33-36-39-42-47-54(46-41-38-35-32-29-23-20-17-14-11-8-5-2)49-50(55)48-52-45-43-51(56)53-44-40-37-34-31-21-18-15-12-9-6-3;1-3-5-7-9-11-13-15-17-19-21-23-25-28-36-29-27-34(39)37(32-33(38)31-35)30-26-24-22-20-18-16-14-12-10-8-6-4-2;1-3-5-7-9-11-13-15-16-18-20-22-24-31-37(33-25-29-35-30-26-33)32-27-34(38)36-28-23-21-19-17-14-12-10-8-6-4-2/h50,52,55H,4-49H2,1-3H3,(H,53,56);33,36,38H,3-32,35H2,1-2H3;33,35H,3-32H2,1-2H3,(H,36,38). The van der Waals surface area contributed by atoms with E-state index < -0.39 is 6.10 Å². The fourth-order valence-corrected chi connectivity index (χ4v) is 19.6. The van der Waals surface area contributed by atoms with E-state index in [1.807, 2.05) is 4.90 Å². The van der Waals surface area contributed by atoms with Gasteiger partial charge in [-0.2, -0.15) is 0 Å². The molecule has 1 aliphatic rings. The number of carbonyl (C=O) groups is 3. The van der Waals surface area contributed by atoms with Crippen LogP contribution in [0.5, 0.6) is 0 Å². The number of nitrogens with zero attached hydrogens (tertiary/aromatic N) is 3. The van der Waals surface area contributed by atoms with Crippen molar-refractivity contribution in [3.05, 3.63) is 0 Å². The van der Waals surface area contributed by atoms with Gasteiger partial charge in [-0.15, -0.1) is 0 Å². The Balaban J connectivity index is 0. The normalized spacial score (nSPS) is 12.8. The molecule has 0 aromatic rings. The van der Waals surface area contributed by atoms with Gasteiger partial charge in [0.05, 0.1) is 12.2 Å². The van der Waals surface area contributed by atoms with Crippen LogP contribution in [0.15, 0.2) is 0 Å². The molecule has 796 valence electrons. The fourth-order valence-electron chi connectivity index (χ4n) is 19.6. The second-order valence-corrected chi connectivity index (χ2v) is 42.2. The number of nitrogens with two attached hydrogens (primary N) is 1. The Labute approximate surface area is 833 Å². The smallest absolute Gasteiger partial charge is 0.223 e. The Kier molecular flexibility index (Phi) is 117. The number of rotatable bonds is 109. The Hall–Kier alpha value is -1.91. The van der Waals surface area contributed by atoms with Gasteiger partial charge in [0.25, 0.3) is 0 Å². The summed E-state index contributed by atoms with van der Waals surface area (Å²) in [5.74, 6) is 0.539. The minimum atomic E-state index is -0.625. The van der Waals surface area contributed by atoms with Crippen LogP contribution in [0, 0.1) is 0 Å². The molecule has 0 bridgehead atoms. The van der Waals surface area contributed by atoms with E-state index in [0.717, 1.165) is 97.7 Å². The molecule has 1 heterocycles. The molecule has 2 atom stereocenters. The largest absolute Gasteiger partial charge is 0.390 e. The van der Waals surface area contributed by atoms with Gasteiger partial charge in [0.15, 0.2) is 0 Å². The molecule has 1 saturated heterocycles. The van der Waals surface area contributed by atoms with Gasteiger partial charge >= 0.3 is 0 Å². The highest BCUT2D eigenvalue weighted by atomic mass is 16.3. The molecule has 0 radical (unpaired) electrons. The number of hydrogen-bond acceptors (Lipinski definition) is 11. The van der Waals surface area contributed by atoms with E-state index in [1.165, 1.54) is 539 Å². The molecule has 0 aromatic heterocycles. The summed E-state index contributed by atoms with van der Waals surface area (Å²) in [6.45, 7) is 29.2. The Morgan fingerprint density at radius 3 is 0.812 bits per heavy atom. The van der Waals surface area contributed by atoms with Gasteiger partial charge in [0, 0.05) is 90.8 Å². The third-order valence-electron chi connectivity index (χ3n) is 28.8. The van der Waals surface area contributed by atoms with E-state index in [2.05, 4.69) is 84.8 Å². The first-order valence-corrected chi connectivity index (χ1v) is 61.0. The van der Waals surface area contributed by atoms with Gasteiger partial charge in [0.2, 0.25) is 17.7 Å². The van der Waals surface area contributed by atoms with Gasteiger partial charge in [-0.25, -0.2) is 0 Å². The summed E-state index contributed by atoms with van der Waals surface area (Å²) < 4.78 is 0. The highest BCUT2D eigenvalue weighted by Gasteiger charge is 2.22.